The Morgan fingerprint density at radius 1 is 1.61 bits per heavy atom. The van der Waals surface area contributed by atoms with Crippen LogP contribution in [0.25, 0.3) is 0 Å². The Balaban J connectivity index is 3.11. The molecule has 96 valence electrons. The van der Waals surface area contributed by atoms with Gasteiger partial charge in [0.25, 0.3) is 5.91 Å². The zero-order valence-electron chi connectivity index (χ0n) is 10.8. The number of halogens is 1. The Labute approximate surface area is 112 Å². The lowest BCUT2D eigenvalue weighted by Gasteiger charge is -2.18. The monoisotopic (exact) mass is 265 g/mol. The van der Waals surface area contributed by atoms with E-state index in [1.807, 2.05) is 20.8 Å². The fraction of sp³-hybridized carbons (Fsp3) is 0.462. The number of terminal acetylenes is 1. The third kappa shape index (κ3) is 3.21. The third-order valence-electron chi connectivity index (χ3n) is 2.43. The van der Waals surface area contributed by atoms with Crippen LogP contribution in [-0.4, -0.2) is 33.9 Å². The Bertz CT molecular complexity index is 480. The summed E-state index contributed by atoms with van der Waals surface area (Å²) in [5.41, 5.74) is 0.215. The highest BCUT2D eigenvalue weighted by Gasteiger charge is 2.19. The van der Waals surface area contributed by atoms with E-state index in [1.54, 1.807) is 0 Å². The van der Waals surface area contributed by atoms with E-state index in [2.05, 4.69) is 15.9 Å². The number of hydrogen-bond acceptors (Lipinski definition) is 3. The molecular weight excluding hydrogens is 250 g/mol. The summed E-state index contributed by atoms with van der Waals surface area (Å²) >= 11 is 5.97. The van der Waals surface area contributed by atoms with Crippen molar-refractivity contribution in [3.05, 3.63) is 22.7 Å². The summed E-state index contributed by atoms with van der Waals surface area (Å²) < 4.78 is 0. The standard InChI is InChI=1S/C13H16ClN3O/c1-5-7-17(6-2)13(18)11-10(14)8-15-12(16-11)9(3)4/h1,8-9H,6-7H2,2-4H3. The van der Waals surface area contributed by atoms with Gasteiger partial charge in [-0.2, -0.15) is 0 Å². The fourth-order valence-electron chi connectivity index (χ4n) is 1.40. The average molecular weight is 266 g/mol. The van der Waals surface area contributed by atoms with Crippen LogP contribution in [0, 0.1) is 12.3 Å². The minimum absolute atomic E-state index is 0.136. The van der Waals surface area contributed by atoms with E-state index < -0.39 is 0 Å². The number of nitrogens with zero attached hydrogens (tertiary/aromatic N) is 3. The van der Waals surface area contributed by atoms with Gasteiger partial charge in [0, 0.05) is 12.5 Å². The summed E-state index contributed by atoms with van der Waals surface area (Å²) in [6.45, 7) is 6.52. The van der Waals surface area contributed by atoms with Crippen molar-refractivity contribution in [3.8, 4) is 12.3 Å². The highest BCUT2D eigenvalue weighted by molar-refractivity contribution is 6.33. The number of rotatable bonds is 4. The number of amides is 1. The van der Waals surface area contributed by atoms with E-state index in [0.29, 0.717) is 12.4 Å². The van der Waals surface area contributed by atoms with Gasteiger partial charge in [0.15, 0.2) is 5.69 Å². The van der Waals surface area contributed by atoms with Crippen LogP contribution in [-0.2, 0) is 0 Å². The van der Waals surface area contributed by atoms with E-state index in [-0.39, 0.29) is 29.1 Å². The van der Waals surface area contributed by atoms with Crippen molar-refractivity contribution < 1.29 is 4.79 Å². The minimum atomic E-state index is -0.259. The van der Waals surface area contributed by atoms with Crippen LogP contribution < -0.4 is 0 Å². The van der Waals surface area contributed by atoms with E-state index in [9.17, 15) is 4.79 Å². The van der Waals surface area contributed by atoms with Crippen molar-refractivity contribution in [2.75, 3.05) is 13.1 Å². The predicted molar refractivity (Wildman–Crippen MR) is 71.5 cm³/mol. The zero-order valence-corrected chi connectivity index (χ0v) is 11.5. The van der Waals surface area contributed by atoms with Crippen LogP contribution in [0.5, 0.6) is 0 Å². The molecule has 0 saturated heterocycles. The lowest BCUT2D eigenvalue weighted by atomic mass is 10.2. The minimum Gasteiger partial charge on any atom is -0.326 e. The third-order valence-corrected chi connectivity index (χ3v) is 2.71. The van der Waals surface area contributed by atoms with Gasteiger partial charge >= 0.3 is 0 Å². The molecule has 0 unspecified atom stereocenters. The molecule has 1 aromatic heterocycles. The fourth-order valence-corrected chi connectivity index (χ4v) is 1.57. The summed E-state index contributed by atoms with van der Waals surface area (Å²) in [4.78, 5) is 22.0. The Morgan fingerprint density at radius 2 is 2.28 bits per heavy atom. The Kier molecular flexibility index (Phi) is 5.11. The van der Waals surface area contributed by atoms with E-state index in [0.717, 1.165) is 0 Å². The lowest BCUT2D eigenvalue weighted by molar-refractivity contribution is 0.0778. The molecule has 0 aliphatic carbocycles. The molecule has 0 bridgehead atoms. The first-order valence-electron chi connectivity index (χ1n) is 5.76. The van der Waals surface area contributed by atoms with Crippen LogP contribution in [0.15, 0.2) is 6.20 Å². The normalized spacial score (nSPS) is 10.2. The number of carbonyl (C=O) groups is 1. The molecule has 1 rings (SSSR count). The van der Waals surface area contributed by atoms with Gasteiger partial charge in [0.05, 0.1) is 17.8 Å². The van der Waals surface area contributed by atoms with E-state index in [1.165, 1.54) is 11.1 Å². The molecule has 0 N–H and O–H groups in total. The van der Waals surface area contributed by atoms with Gasteiger partial charge in [0.1, 0.15) is 5.82 Å². The molecule has 5 heteroatoms. The molecule has 0 aliphatic rings. The molecule has 1 heterocycles. The van der Waals surface area contributed by atoms with Crippen molar-refractivity contribution in [3.63, 3.8) is 0 Å². The topological polar surface area (TPSA) is 46.1 Å². The quantitative estimate of drug-likeness (QED) is 0.785. The maximum Gasteiger partial charge on any atom is 0.274 e. The first-order valence-corrected chi connectivity index (χ1v) is 6.14. The molecule has 0 aromatic carbocycles. The maximum atomic E-state index is 12.2. The van der Waals surface area contributed by atoms with Gasteiger partial charge in [-0.15, -0.1) is 6.42 Å². The van der Waals surface area contributed by atoms with E-state index >= 15 is 0 Å². The van der Waals surface area contributed by atoms with Crippen LogP contribution in [0.1, 0.15) is 43.0 Å². The maximum absolute atomic E-state index is 12.2. The largest absolute Gasteiger partial charge is 0.326 e. The second-order valence-corrected chi connectivity index (χ2v) is 4.51. The highest BCUT2D eigenvalue weighted by atomic mass is 35.5. The smallest absolute Gasteiger partial charge is 0.274 e. The predicted octanol–water partition coefficient (Wildman–Crippen LogP) is 2.35. The van der Waals surface area contributed by atoms with Crippen molar-refractivity contribution in [2.45, 2.75) is 26.7 Å². The molecule has 0 saturated carbocycles. The van der Waals surface area contributed by atoms with Crippen LogP contribution in [0.2, 0.25) is 5.02 Å². The van der Waals surface area contributed by atoms with Crippen LogP contribution in [0.3, 0.4) is 0 Å². The number of hydrogen-bond donors (Lipinski definition) is 0. The van der Waals surface area contributed by atoms with E-state index in [4.69, 9.17) is 18.0 Å². The first-order chi connectivity index (χ1) is 8.51. The average Bonchev–Trinajstić information content (AvgIpc) is 2.35. The first kappa shape index (κ1) is 14.5. The van der Waals surface area contributed by atoms with Gasteiger partial charge in [-0.05, 0) is 6.92 Å². The van der Waals surface area contributed by atoms with Gasteiger partial charge in [-0.1, -0.05) is 31.4 Å². The zero-order chi connectivity index (χ0) is 13.7. The highest BCUT2D eigenvalue weighted by Crippen LogP contribution is 2.17. The van der Waals surface area contributed by atoms with Gasteiger partial charge in [-0.25, -0.2) is 9.97 Å². The molecule has 0 radical (unpaired) electrons. The number of carbonyl (C=O) groups excluding carboxylic acids is 1. The molecule has 0 fully saturated rings. The van der Waals surface area contributed by atoms with Gasteiger partial charge < -0.3 is 4.90 Å². The number of aromatic nitrogens is 2. The van der Waals surface area contributed by atoms with Crippen molar-refractivity contribution >= 4 is 17.5 Å². The Hall–Kier alpha value is -1.60. The summed E-state index contributed by atoms with van der Waals surface area (Å²) in [5, 5.41) is 0.250. The van der Waals surface area contributed by atoms with Gasteiger partial charge in [-0.3, -0.25) is 4.79 Å². The molecule has 0 aliphatic heterocycles. The molecule has 0 atom stereocenters. The van der Waals surface area contributed by atoms with Crippen molar-refractivity contribution in [2.24, 2.45) is 0 Å². The summed E-state index contributed by atoms with van der Waals surface area (Å²) in [7, 11) is 0. The van der Waals surface area contributed by atoms with Crippen molar-refractivity contribution in [1.29, 1.82) is 0 Å². The summed E-state index contributed by atoms with van der Waals surface area (Å²) in [6.07, 6.45) is 6.69. The molecule has 18 heavy (non-hydrogen) atoms. The second kappa shape index (κ2) is 6.36. The second-order valence-electron chi connectivity index (χ2n) is 4.10. The SMILES string of the molecule is C#CCN(CC)C(=O)c1nc(C(C)C)ncc1Cl. The molecule has 1 aromatic rings. The van der Waals surface area contributed by atoms with Crippen LogP contribution >= 0.6 is 11.6 Å². The summed E-state index contributed by atoms with van der Waals surface area (Å²) in [5.74, 6) is 2.92. The molecule has 4 nitrogen and oxygen atoms in total. The Morgan fingerprint density at radius 3 is 2.78 bits per heavy atom. The molecule has 0 spiro atoms. The van der Waals surface area contributed by atoms with Crippen molar-refractivity contribution in [1.82, 2.24) is 14.9 Å². The lowest BCUT2D eigenvalue weighted by Crippen LogP contribution is -2.32. The van der Waals surface area contributed by atoms with Crippen LogP contribution in [0.4, 0.5) is 0 Å². The molecular formula is C13H16ClN3O. The summed E-state index contributed by atoms with van der Waals surface area (Å²) in [6, 6.07) is 0. The molecule has 1 amide bonds. The van der Waals surface area contributed by atoms with Gasteiger partial charge in [0.2, 0.25) is 0 Å².